The Balaban J connectivity index is 2.00. The van der Waals surface area contributed by atoms with E-state index < -0.39 is 5.97 Å². The number of thiazole rings is 1. The zero-order valence-electron chi connectivity index (χ0n) is 10.3. The third-order valence-corrected chi connectivity index (χ3v) is 3.62. The second kappa shape index (κ2) is 5.35. The molecule has 0 spiro atoms. The zero-order chi connectivity index (χ0) is 14.0. The number of nitrogens with one attached hydrogen (secondary N) is 1. The van der Waals surface area contributed by atoms with Crippen molar-refractivity contribution in [1.29, 1.82) is 0 Å². The smallest absolute Gasteiger partial charge is 0.365 e. The summed E-state index contributed by atoms with van der Waals surface area (Å²) >= 11 is 0.928. The summed E-state index contributed by atoms with van der Waals surface area (Å²) < 4.78 is 0. The molecule has 0 aliphatic carbocycles. The minimum Gasteiger partial charge on any atom is -0.476 e. The minimum absolute atomic E-state index is 0.0426. The first-order valence-corrected chi connectivity index (χ1v) is 6.60. The Morgan fingerprint density at radius 2 is 2.26 bits per heavy atom. The fraction of sp³-hybridized carbons (Fsp3) is 0.455. The van der Waals surface area contributed by atoms with Gasteiger partial charge >= 0.3 is 5.97 Å². The van der Waals surface area contributed by atoms with Crippen LogP contribution in [0, 0.1) is 0 Å². The SMILES string of the molecule is CC(=O)NC1CCN(C(=O)c2csc(C(=O)O)n2)C1. The van der Waals surface area contributed by atoms with Crippen LogP contribution in [-0.4, -0.2) is 51.9 Å². The molecule has 1 saturated heterocycles. The molecule has 1 unspecified atom stereocenters. The first kappa shape index (κ1) is 13.5. The summed E-state index contributed by atoms with van der Waals surface area (Å²) in [4.78, 5) is 39.1. The summed E-state index contributed by atoms with van der Waals surface area (Å²) in [5, 5.41) is 12.9. The van der Waals surface area contributed by atoms with E-state index >= 15 is 0 Å². The highest BCUT2D eigenvalue weighted by atomic mass is 32.1. The van der Waals surface area contributed by atoms with Crippen LogP contribution in [0.5, 0.6) is 0 Å². The average molecular weight is 283 g/mol. The fourth-order valence-corrected chi connectivity index (χ4v) is 2.61. The molecule has 2 amide bonds. The number of aromatic carboxylic acids is 1. The summed E-state index contributed by atoms with van der Waals surface area (Å²) in [6.07, 6.45) is 0.696. The number of hydrogen-bond acceptors (Lipinski definition) is 5. The van der Waals surface area contributed by atoms with E-state index in [9.17, 15) is 14.4 Å². The van der Waals surface area contributed by atoms with Gasteiger partial charge in [0.15, 0.2) is 0 Å². The standard InChI is InChI=1S/C11H13N3O4S/c1-6(15)12-7-2-3-14(4-7)10(16)8-5-19-9(13-8)11(17)18/h5,7H,2-4H2,1H3,(H,12,15)(H,17,18). The van der Waals surface area contributed by atoms with Gasteiger partial charge in [-0.25, -0.2) is 9.78 Å². The van der Waals surface area contributed by atoms with E-state index in [1.54, 1.807) is 4.90 Å². The van der Waals surface area contributed by atoms with Gasteiger partial charge in [0, 0.05) is 31.4 Å². The van der Waals surface area contributed by atoms with Crippen LogP contribution in [0.25, 0.3) is 0 Å². The van der Waals surface area contributed by atoms with Crippen LogP contribution in [0.15, 0.2) is 5.38 Å². The molecule has 1 fully saturated rings. The molecule has 0 radical (unpaired) electrons. The van der Waals surface area contributed by atoms with E-state index in [4.69, 9.17) is 5.11 Å². The number of aromatic nitrogens is 1. The summed E-state index contributed by atoms with van der Waals surface area (Å²) in [5.74, 6) is -1.56. The van der Waals surface area contributed by atoms with Gasteiger partial charge in [-0.3, -0.25) is 9.59 Å². The van der Waals surface area contributed by atoms with Crippen LogP contribution in [-0.2, 0) is 4.79 Å². The van der Waals surface area contributed by atoms with E-state index in [2.05, 4.69) is 10.3 Å². The van der Waals surface area contributed by atoms with Gasteiger partial charge in [0.2, 0.25) is 10.9 Å². The molecule has 8 heteroatoms. The van der Waals surface area contributed by atoms with Gasteiger partial charge < -0.3 is 15.3 Å². The van der Waals surface area contributed by atoms with Gasteiger partial charge in [0.25, 0.3) is 5.91 Å². The lowest BCUT2D eigenvalue weighted by atomic mass is 10.2. The molecule has 1 aliphatic heterocycles. The van der Waals surface area contributed by atoms with Crippen LogP contribution < -0.4 is 5.32 Å². The van der Waals surface area contributed by atoms with Crippen LogP contribution in [0.3, 0.4) is 0 Å². The summed E-state index contributed by atoms with van der Waals surface area (Å²) in [5.41, 5.74) is 0.144. The number of carbonyl (C=O) groups excluding carboxylic acids is 2. The first-order chi connectivity index (χ1) is 8.97. The molecule has 2 heterocycles. The van der Waals surface area contributed by atoms with Crippen molar-refractivity contribution in [2.45, 2.75) is 19.4 Å². The predicted octanol–water partition coefficient (Wildman–Crippen LogP) is 0.192. The van der Waals surface area contributed by atoms with Gasteiger partial charge in [-0.1, -0.05) is 0 Å². The molecule has 1 aromatic rings. The molecule has 19 heavy (non-hydrogen) atoms. The van der Waals surface area contributed by atoms with Gasteiger partial charge in [-0.05, 0) is 6.42 Å². The molecule has 0 saturated carbocycles. The van der Waals surface area contributed by atoms with Crippen LogP contribution in [0.1, 0.15) is 33.6 Å². The number of carbonyl (C=O) groups is 3. The van der Waals surface area contributed by atoms with Crippen LogP contribution in [0.4, 0.5) is 0 Å². The molecule has 1 aromatic heterocycles. The molecule has 1 atom stereocenters. The normalized spacial score (nSPS) is 18.4. The largest absolute Gasteiger partial charge is 0.476 e. The Morgan fingerprint density at radius 3 is 2.84 bits per heavy atom. The highest BCUT2D eigenvalue weighted by molar-refractivity contribution is 7.11. The van der Waals surface area contributed by atoms with Crippen LogP contribution >= 0.6 is 11.3 Å². The number of hydrogen-bond donors (Lipinski definition) is 2. The van der Waals surface area contributed by atoms with Gasteiger partial charge in [0.05, 0.1) is 0 Å². The minimum atomic E-state index is -1.14. The van der Waals surface area contributed by atoms with Crippen molar-refractivity contribution in [3.8, 4) is 0 Å². The quantitative estimate of drug-likeness (QED) is 0.825. The highest BCUT2D eigenvalue weighted by Gasteiger charge is 2.28. The highest BCUT2D eigenvalue weighted by Crippen LogP contribution is 2.16. The molecule has 2 N–H and O–H groups in total. The monoisotopic (exact) mass is 283 g/mol. The molecular formula is C11H13N3O4S. The average Bonchev–Trinajstić information content (AvgIpc) is 2.95. The summed E-state index contributed by atoms with van der Waals surface area (Å²) in [6.45, 7) is 2.39. The summed E-state index contributed by atoms with van der Waals surface area (Å²) in [7, 11) is 0. The maximum atomic E-state index is 12.1. The van der Waals surface area contributed by atoms with Crippen molar-refractivity contribution in [2.24, 2.45) is 0 Å². The van der Waals surface area contributed by atoms with E-state index in [0.29, 0.717) is 19.5 Å². The lowest BCUT2D eigenvalue weighted by Gasteiger charge is -2.15. The third kappa shape index (κ3) is 3.08. The topological polar surface area (TPSA) is 99.6 Å². The Bertz CT molecular complexity index is 528. The molecule has 102 valence electrons. The maximum absolute atomic E-state index is 12.1. The first-order valence-electron chi connectivity index (χ1n) is 5.72. The number of rotatable bonds is 3. The fourth-order valence-electron chi connectivity index (χ4n) is 1.98. The van der Waals surface area contributed by atoms with E-state index in [1.807, 2.05) is 0 Å². The Kier molecular flexibility index (Phi) is 3.79. The lowest BCUT2D eigenvalue weighted by molar-refractivity contribution is -0.119. The number of carboxylic acid groups (broad SMARTS) is 1. The molecule has 0 bridgehead atoms. The second-order valence-corrected chi connectivity index (χ2v) is 5.14. The van der Waals surface area contributed by atoms with Crippen molar-refractivity contribution >= 4 is 29.1 Å². The van der Waals surface area contributed by atoms with E-state index in [-0.39, 0.29) is 28.6 Å². The van der Waals surface area contributed by atoms with Crippen molar-refractivity contribution in [3.05, 3.63) is 16.1 Å². The maximum Gasteiger partial charge on any atom is 0.365 e. The van der Waals surface area contributed by atoms with Crippen molar-refractivity contribution in [2.75, 3.05) is 13.1 Å². The predicted molar refractivity (Wildman–Crippen MR) is 67.2 cm³/mol. The van der Waals surface area contributed by atoms with Crippen molar-refractivity contribution in [3.63, 3.8) is 0 Å². The molecular weight excluding hydrogens is 270 g/mol. The Labute approximate surface area is 113 Å². The molecule has 7 nitrogen and oxygen atoms in total. The van der Waals surface area contributed by atoms with Crippen molar-refractivity contribution < 1.29 is 19.5 Å². The zero-order valence-corrected chi connectivity index (χ0v) is 11.1. The number of nitrogens with zero attached hydrogens (tertiary/aromatic N) is 2. The van der Waals surface area contributed by atoms with E-state index in [0.717, 1.165) is 11.3 Å². The number of likely N-dealkylation sites (tertiary alicyclic amines) is 1. The van der Waals surface area contributed by atoms with Gasteiger partial charge in [-0.15, -0.1) is 11.3 Å². The number of amides is 2. The molecule has 2 rings (SSSR count). The molecule has 1 aliphatic rings. The van der Waals surface area contributed by atoms with Crippen LogP contribution in [0.2, 0.25) is 0 Å². The summed E-state index contributed by atoms with van der Waals surface area (Å²) in [6, 6.07) is -0.0426. The van der Waals surface area contributed by atoms with E-state index in [1.165, 1.54) is 12.3 Å². The third-order valence-electron chi connectivity index (χ3n) is 2.79. The Hall–Kier alpha value is -1.96. The molecule has 0 aromatic carbocycles. The van der Waals surface area contributed by atoms with Gasteiger partial charge in [-0.2, -0.15) is 0 Å². The van der Waals surface area contributed by atoms with Gasteiger partial charge in [0.1, 0.15) is 5.69 Å². The second-order valence-electron chi connectivity index (χ2n) is 4.28. The Morgan fingerprint density at radius 1 is 1.53 bits per heavy atom. The lowest BCUT2D eigenvalue weighted by Crippen LogP contribution is -2.37. The van der Waals surface area contributed by atoms with Crippen molar-refractivity contribution in [1.82, 2.24) is 15.2 Å². The number of carboxylic acids is 1.